The second kappa shape index (κ2) is 4.86. The van der Waals surface area contributed by atoms with Crippen molar-refractivity contribution in [2.45, 2.75) is 19.4 Å². The van der Waals surface area contributed by atoms with Crippen molar-refractivity contribution in [3.8, 4) is 5.75 Å². The maximum atomic E-state index is 12.1. The van der Waals surface area contributed by atoms with Crippen LogP contribution in [0.25, 0.3) is 21.0 Å². The van der Waals surface area contributed by atoms with Crippen LogP contribution in [-0.2, 0) is 6.54 Å². The fourth-order valence-corrected chi connectivity index (χ4v) is 4.24. The number of thiophene rings is 1. The van der Waals surface area contributed by atoms with Crippen molar-refractivity contribution < 1.29 is 5.11 Å². The minimum absolute atomic E-state index is 0.136. The maximum Gasteiger partial charge on any atom is 0.257 e. The molecule has 2 N–H and O–H groups in total. The predicted octanol–water partition coefficient (Wildman–Crippen LogP) is 3.04. The minimum atomic E-state index is -0.136. The number of H-pyrrole nitrogens is 1. The van der Waals surface area contributed by atoms with Gasteiger partial charge in [0.2, 0.25) is 0 Å². The van der Waals surface area contributed by atoms with E-state index < -0.39 is 0 Å². The van der Waals surface area contributed by atoms with Crippen LogP contribution in [0.15, 0.2) is 29.1 Å². The van der Waals surface area contributed by atoms with E-state index in [1.165, 1.54) is 17.7 Å². The van der Waals surface area contributed by atoms with E-state index in [-0.39, 0.29) is 11.3 Å². The molecule has 5 heteroatoms. The molecule has 108 valence electrons. The molecule has 0 unspecified atom stereocenters. The smallest absolute Gasteiger partial charge is 0.257 e. The number of benzene rings is 1. The Balaban J connectivity index is 1.90. The number of hydrogen-bond acceptors (Lipinski definition) is 4. The molecule has 1 aliphatic heterocycles. The highest BCUT2D eigenvalue weighted by Crippen LogP contribution is 2.34. The summed E-state index contributed by atoms with van der Waals surface area (Å²) in [4.78, 5) is 19.6. The molecule has 1 saturated heterocycles. The van der Waals surface area contributed by atoms with Gasteiger partial charge in [0, 0.05) is 22.2 Å². The Kier molecular flexibility index (Phi) is 2.97. The van der Waals surface area contributed by atoms with Gasteiger partial charge < -0.3 is 10.1 Å². The van der Waals surface area contributed by atoms with Gasteiger partial charge in [0.05, 0.1) is 5.39 Å². The molecule has 0 saturated carbocycles. The fourth-order valence-electron chi connectivity index (χ4n) is 3.14. The van der Waals surface area contributed by atoms with E-state index in [1.807, 2.05) is 0 Å². The van der Waals surface area contributed by atoms with E-state index in [4.69, 9.17) is 0 Å². The van der Waals surface area contributed by atoms with E-state index in [0.717, 1.165) is 29.9 Å². The lowest BCUT2D eigenvalue weighted by Crippen LogP contribution is -2.17. The first kappa shape index (κ1) is 12.9. The molecule has 4 nitrogen and oxygen atoms in total. The van der Waals surface area contributed by atoms with Gasteiger partial charge in [-0.05, 0) is 44.1 Å². The average Bonchev–Trinajstić information content (AvgIpc) is 3.09. The van der Waals surface area contributed by atoms with Crippen LogP contribution in [-0.4, -0.2) is 28.1 Å². The van der Waals surface area contributed by atoms with Crippen molar-refractivity contribution in [3.63, 3.8) is 0 Å². The summed E-state index contributed by atoms with van der Waals surface area (Å²) in [5, 5.41) is 12.3. The summed E-state index contributed by atoms with van der Waals surface area (Å²) in [7, 11) is 0. The van der Waals surface area contributed by atoms with Crippen molar-refractivity contribution in [2.75, 3.05) is 13.1 Å². The maximum absolute atomic E-state index is 12.1. The van der Waals surface area contributed by atoms with Crippen LogP contribution in [0.4, 0.5) is 0 Å². The summed E-state index contributed by atoms with van der Waals surface area (Å²) in [5.74, 6) is 0.175. The molecule has 0 atom stereocenters. The number of fused-ring (bicyclic) bond motifs is 3. The first-order valence-corrected chi connectivity index (χ1v) is 8.03. The molecule has 0 radical (unpaired) electrons. The number of aromatic amines is 1. The molecule has 0 bridgehead atoms. The largest absolute Gasteiger partial charge is 0.507 e. The lowest BCUT2D eigenvalue weighted by Gasteiger charge is -2.12. The number of nitrogens with zero attached hydrogens (tertiary/aromatic N) is 1. The molecule has 2 aromatic heterocycles. The van der Waals surface area contributed by atoms with Gasteiger partial charge in [-0.3, -0.25) is 9.69 Å². The standard InChI is InChI=1S/C16H16N2O2S/c19-13-5-3-4-11-14(13)12-8-10(9-18-6-1-2-7-18)21-16(12)17-15(11)20/h3-5,8,19H,1-2,6-7,9H2,(H,17,20). The van der Waals surface area contributed by atoms with E-state index in [2.05, 4.69) is 16.0 Å². The second-order valence-corrected chi connectivity index (χ2v) is 6.73. The van der Waals surface area contributed by atoms with Crippen molar-refractivity contribution >= 4 is 32.3 Å². The lowest BCUT2D eigenvalue weighted by atomic mass is 10.1. The highest BCUT2D eigenvalue weighted by molar-refractivity contribution is 7.18. The monoisotopic (exact) mass is 300 g/mol. The molecule has 1 aromatic carbocycles. The Bertz CT molecular complexity index is 875. The zero-order chi connectivity index (χ0) is 14.4. The number of likely N-dealkylation sites (tertiary alicyclic amines) is 1. The Hall–Kier alpha value is -1.85. The molecular weight excluding hydrogens is 284 g/mol. The van der Waals surface area contributed by atoms with Gasteiger partial charge in [-0.1, -0.05) is 6.07 Å². The molecular formula is C16H16N2O2S. The van der Waals surface area contributed by atoms with Gasteiger partial charge >= 0.3 is 0 Å². The van der Waals surface area contributed by atoms with Crippen LogP contribution in [0, 0.1) is 0 Å². The van der Waals surface area contributed by atoms with Crippen molar-refractivity contribution in [2.24, 2.45) is 0 Å². The normalized spacial score (nSPS) is 16.2. The number of hydrogen-bond donors (Lipinski definition) is 2. The Morgan fingerprint density at radius 1 is 1.24 bits per heavy atom. The van der Waals surface area contributed by atoms with Gasteiger partial charge in [0.15, 0.2) is 0 Å². The van der Waals surface area contributed by atoms with Crippen LogP contribution in [0.1, 0.15) is 17.7 Å². The highest BCUT2D eigenvalue weighted by atomic mass is 32.1. The van der Waals surface area contributed by atoms with Crippen molar-refractivity contribution in [1.29, 1.82) is 0 Å². The van der Waals surface area contributed by atoms with E-state index in [1.54, 1.807) is 29.5 Å². The van der Waals surface area contributed by atoms with Gasteiger partial charge in [0.1, 0.15) is 10.6 Å². The number of aromatic nitrogens is 1. The Morgan fingerprint density at radius 2 is 2.05 bits per heavy atom. The summed E-state index contributed by atoms with van der Waals surface area (Å²) < 4.78 is 0. The van der Waals surface area contributed by atoms with Crippen LogP contribution >= 0.6 is 11.3 Å². The quantitative estimate of drug-likeness (QED) is 0.765. The summed E-state index contributed by atoms with van der Waals surface area (Å²) in [6, 6.07) is 7.21. The minimum Gasteiger partial charge on any atom is -0.507 e. The van der Waals surface area contributed by atoms with Crippen molar-refractivity contribution in [1.82, 2.24) is 9.88 Å². The summed E-state index contributed by atoms with van der Waals surface area (Å²) in [5.41, 5.74) is -0.136. The second-order valence-electron chi connectivity index (χ2n) is 5.59. The van der Waals surface area contributed by atoms with E-state index in [9.17, 15) is 9.90 Å². The Morgan fingerprint density at radius 3 is 2.86 bits per heavy atom. The molecule has 1 aliphatic rings. The molecule has 3 aromatic rings. The van der Waals surface area contributed by atoms with Gasteiger partial charge in [-0.2, -0.15) is 0 Å². The average molecular weight is 300 g/mol. The first-order chi connectivity index (χ1) is 10.2. The molecule has 1 fully saturated rings. The lowest BCUT2D eigenvalue weighted by molar-refractivity contribution is 0.334. The molecule has 3 heterocycles. The number of phenolic OH excluding ortho intramolecular Hbond substituents is 1. The zero-order valence-corrected chi connectivity index (χ0v) is 12.4. The van der Waals surface area contributed by atoms with E-state index in [0.29, 0.717) is 10.8 Å². The number of phenols is 1. The summed E-state index contributed by atoms with van der Waals surface area (Å²) in [6.45, 7) is 3.23. The van der Waals surface area contributed by atoms with Crippen LogP contribution in [0.3, 0.4) is 0 Å². The first-order valence-electron chi connectivity index (χ1n) is 7.21. The fraction of sp³-hybridized carbons (Fsp3) is 0.312. The van der Waals surface area contributed by atoms with Crippen LogP contribution < -0.4 is 5.56 Å². The van der Waals surface area contributed by atoms with E-state index >= 15 is 0 Å². The molecule has 0 spiro atoms. The highest BCUT2D eigenvalue weighted by Gasteiger charge is 2.16. The number of pyridine rings is 1. The van der Waals surface area contributed by atoms with Crippen molar-refractivity contribution in [3.05, 3.63) is 39.5 Å². The number of rotatable bonds is 2. The van der Waals surface area contributed by atoms with Crippen LogP contribution in [0.2, 0.25) is 0 Å². The van der Waals surface area contributed by atoms with Crippen LogP contribution in [0.5, 0.6) is 5.75 Å². The summed E-state index contributed by atoms with van der Waals surface area (Å²) in [6.07, 6.45) is 2.54. The SMILES string of the molecule is O=c1[nH]c2sc(CN3CCCC3)cc2c2c(O)cccc12. The van der Waals surface area contributed by atoms with Gasteiger partial charge in [-0.15, -0.1) is 11.3 Å². The third-order valence-corrected chi connectivity index (χ3v) is 5.18. The summed E-state index contributed by atoms with van der Waals surface area (Å²) >= 11 is 1.61. The van der Waals surface area contributed by atoms with Gasteiger partial charge in [0.25, 0.3) is 5.56 Å². The number of nitrogens with one attached hydrogen (secondary N) is 1. The third-order valence-electron chi connectivity index (χ3n) is 4.14. The molecule has 4 rings (SSSR count). The topological polar surface area (TPSA) is 56.3 Å². The third kappa shape index (κ3) is 2.13. The number of aromatic hydroxyl groups is 1. The Labute approximate surface area is 125 Å². The molecule has 0 aliphatic carbocycles. The molecule has 0 amide bonds. The van der Waals surface area contributed by atoms with Gasteiger partial charge in [-0.25, -0.2) is 0 Å². The molecule has 21 heavy (non-hydrogen) atoms. The zero-order valence-electron chi connectivity index (χ0n) is 11.6. The predicted molar refractivity (Wildman–Crippen MR) is 86.1 cm³/mol.